The van der Waals surface area contributed by atoms with Crippen LogP contribution in [0.25, 0.3) is 0 Å². The van der Waals surface area contributed by atoms with E-state index in [-0.39, 0.29) is 5.96 Å². The molecular formula is C14H15N4. The fourth-order valence-electron chi connectivity index (χ4n) is 1.53. The molecule has 0 amide bonds. The van der Waals surface area contributed by atoms with Crippen LogP contribution in [-0.2, 0) is 6.54 Å². The van der Waals surface area contributed by atoms with Crippen molar-refractivity contribution < 1.29 is 0 Å². The minimum absolute atomic E-state index is 0.0175. The van der Waals surface area contributed by atoms with Gasteiger partial charge in [-0.15, -0.1) is 0 Å². The van der Waals surface area contributed by atoms with Gasteiger partial charge >= 0.3 is 0 Å². The van der Waals surface area contributed by atoms with Crippen molar-refractivity contribution in [2.45, 2.75) is 6.54 Å². The van der Waals surface area contributed by atoms with E-state index in [2.05, 4.69) is 16.7 Å². The number of benzene rings is 2. The summed E-state index contributed by atoms with van der Waals surface area (Å²) in [5, 5.41) is 13.1. The van der Waals surface area contributed by atoms with Crippen LogP contribution in [-0.4, -0.2) is 5.96 Å². The molecule has 0 saturated carbocycles. The molecule has 91 valence electrons. The molecule has 18 heavy (non-hydrogen) atoms. The molecule has 0 fully saturated rings. The molecule has 0 aromatic heterocycles. The molecule has 0 heterocycles. The average Bonchev–Trinajstić information content (AvgIpc) is 2.39. The Labute approximate surface area is 106 Å². The molecule has 0 aliphatic heterocycles. The smallest absolute Gasteiger partial charge is 0.185 e. The van der Waals surface area contributed by atoms with Crippen molar-refractivity contribution >= 4 is 17.3 Å². The van der Waals surface area contributed by atoms with Gasteiger partial charge in [-0.25, -0.2) is 0 Å². The highest BCUT2D eigenvalue weighted by atomic mass is 15.0. The van der Waals surface area contributed by atoms with Crippen LogP contribution in [0, 0.1) is 11.5 Å². The molecule has 0 atom stereocenters. The summed E-state index contributed by atoms with van der Waals surface area (Å²) in [7, 11) is 0. The van der Waals surface area contributed by atoms with Crippen molar-refractivity contribution in [3.63, 3.8) is 0 Å². The summed E-state index contributed by atoms with van der Waals surface area (Å²) in [6.45, 7) is 0.563. The molecule has 0 bridgehead atoms. The first-order valence-corrected chi connectivity index (χ1v) is 5.64. The third kappa shape index (κ3) is 3.52. The van der Waals surface area contributed by atoms with Crippen LogP contribution in [0.15, 0.2) is 48.5 Å². The van der Waals surface area contributed by atoms with E-state index in [0.717, 1.165) is 16.9 Å². The fourth-order valence-corrected chi connectivity index (χ4v) is 1.53. The molecule has 2 rings (SSSR count). The zero-order valence-electron chi connectivity index (χ0n) is 9.90. The maximum Gasteiger partial charge on any atom is 0.185 e. The largest absolute Gasteiger partial charge is 0.370 e. The Kier molecular flexibility index (Phi) is 3.81. The summed E-state index contributed by atoms with van der Waals surface area (Å²) in [5.74, 6) is -0.0175. The maximum absolute atomic E-state index is 7.08. The van der Waals surface area contributed by atoms with E-state index in [1.807, 2.05) is 48.5 Å². The molecule has 4 heteroatoms. The van der Waals surface area contributed by atoms with Gasteiger partial charge in [0.15, 0.2) is 5.96 Å². The van der Waals surface area contributed by atoms with Crippen LogP contribution in [0.3, 0.4) is 0 Å². The first kappa shape index (κ1) is 12.0. The summed E-state index contributed by atoms with van der Waals surface area (Å²) >= 11 is 0. The first-order valence-electron chi connectivity index (χ1n) is 5.64. The second-order valence-corrected chi connectivity index (χ2v) is 3.87. The lowest BCUT2D eigenvalue weighted by molar-refractivity contribution is 0.897. The lowest BCUT2D eigenvalue weighted by Gasteiger charge is -2.08. The third-order valence-corrected chi connectivity index (χ3v) is 2.42. The standard InChI is InChI=1S/C14H15N4/c15-14(16)17-10-11-6-8-13(9-7-11)18-12-4-2-1-3-5-12/h1-4,6-9,18H,10H2,(H4,15,16,17). The van der Waals surface area contributed by atoms with Gasteiger partial charge in [0.05, 0.1) is 0 Å². The predicted octanol–water partition coefficient (Wildman–Crippen LogP) is 2.21. The predicted molar refractivity (Wildman–Crippen MR) is 73.8 cm³/mol. The van der Waals surface area contributed by atoms with Crippen molar-refractivity contribution in [2.75, 3.05) is 5.32 Å². The number of rotatable bonds is 4. The van der Waals surface area contributed by atoms with Gasteiger partial charge in [-0.3, -0.25) is 5.41 Å². The Morgan fingerprint density at radius 2 is 1.94 bits per heavy atom. The molecule has 0 aliphatic rings. The fraction of sp³-hybridized carbons (Fsp3) is 0.0714. The monoisotopic (exact) mass is 239 g/mol. The van der Waals surface area contributed by atoms with Gasteiger partial charge < -0.3 is 16.4 Å². The Bertz CT molecular complexity index is 505. The van der Waals surface area contributed by atoms with E-state index in [1.54, 1.807) is 0 Å². The molecule has 0 aliphatic carbocycles. The lowest BCUT2D eigenvalue weighted by Crippen LogP contribution is -2.29. The third-order valence-electron chi connectivity index (χ3n) is 2.42. The van der Waals surface area contributed by atoms with Gasteiger partial charge in [0.25, 0.3) is 0 Å². The zero-order chi connectivity index (χ0) is 12.8. The van der Waals surface area contributed by atoms with Gasteiger partial charge in [0.1, 0.15) is 0 Å². The second kappa shape index (κ2) is 5.72. The molecule has 1 radical (unpaired) electrons. The molecule has 0 saturated heterocycles. The number of hydrogen-bond donors (Lipinski definition) is 4. The number of hydrogen-bond acceptors (Lipinski definition) is 2. The maximum atomic E-state index is 7.08. The van der Waals surface area contributed by atoms with Crippen molar-refractivity contribution in [1.29, 1.82) is 5.41 Å². The highest BCUT2D eigenvalue weighted by molar-refractivity contribution is 5.74. The highest BCUT2D eigenvalue weighted by Gasteiger charge is 1.96. The SMILES string of the molecule is N=C(N)NCc1ccc(Nc2[c]cccc2)cc1. The molecular weight excluding hydrogens is 224 g/mol. The highest BCUT2D eigenvalue weighted by Crippen LogP contribution is 2.15. The summed E-state index contributed by atoms with van der Waals surface area (Å²) in [4.78, 5) is 0. The van der Waals surface area contributed by atoms with Crippen molar-refractivity contribution in [3.05, 3.63) is 60.2 Å². The van der Waals surface area contributed by atoms with Crippen LogP contribution in [0.2, 0.25) is 0 Å². The van der Waals surface area contributed by atoms with E-state index < -0.39 is 0 Å². The van der Waals surface area contributed by atoms with E-state index in [9.17, 15) is 0 Å². The van der Waals surface area contributed by atoms with Crippen molar-refractivity contribution in [2.24, 2.45) is 5.73 Å². The Balaban J connectivity index is 1.97. The van der Waals surface area contributed by atoms with Crippen molar-refractivity contribution in [3.8, 4) is 0 Å². The Morgan fingerprint density at radius 1 is 1.17 bits per heavy atom. The summed E-state index contributed by atoms with van der Waals surface area (Å²) in [6, 6.07) is 18.8. The number of nitrogens with two attached hydrogens (primary N) is 1. The quantitative estimate of drug-likeness (QED) is 0.488. The number of nitrogens with one attached hydrogen (secondary N) is 3. The van der Waals surface area contributed by atoms with Gasteiger partial charge in [0.2, 0.25) is 0 Å². The van der Waals surface area contributed by atoms with Crippen LogP contribution >= 0.6 is 0 Å². The van der Waals surface area contributed by atoms with Gasteiger partial charge in [-0.05, 0) is 23.8 Å². The summed E-state index contributed by atoms with van der Waals surface area (Å²) in [5.41, 5.74) is 8.25. The molecule has 4 nitrogen and oxygen atoms in total. The van der Waals surface area contributed by atoms with Crippen LogP contribution in [0.5, 0.6) is 0 Å². The minimum atomic E-state index is -0.0175. The van der Waals surface area contributed by atoms with Crippen LogP contribution in [0.4, 0.5) is 11.4 Å². The molecule has 0 spiro atoms. The van der Waals surface area contributed by atoms with E-state index >= 15 is 0 Å². The average molecular weight is 239 g/mol. The Morgan fingerprint density at radius 3 is 2.56 bits per heavy atom. The number of anilines is 2. The molecule has 2 aromatic carbocycles. The number of para-hydroxylation sites is 1. The lowest BCUT2D eigenvalue weighted by atomic mass is 10.2. The second-order valence-electron chi connectivity index (χ2n) is 3.87. The van der Waals surface area contributed by atoms with Crippen LogP contribution < -0.4 is 16.4 Å². The van der Waals surface area contributed by atoms with Crippen molar-refractivity contribution in [1.82, 2.24) is 5.32 Å². The molecule has 2 aromatic rings. The van der Waals surface area contributed by atoms with Crippen LogP contribution in [0.1, 0.15) is 5.56 Å². The Hall–Kier alpha value is -2.49. The first-order chi connectivity index (χ1) is 8.74. The normalized spacial score (nSPS) is 9.78. The minimum Gasteiger partial charge on any atom is -0.370 e. The van der Waals surface area contributed by atoms with E-state index in [1.165, 1.54) is 0 Å². The molecule has 0 unspecified atom stereocenters. The number of guanidine groups is 1. The summed E-state index contributed by atoms with van der Waals surface area (Å²) < 4.78 is 0. The van der Waals surface area contributed by atoms with Gasteiger partial charge in [-0.2, -0.15) is 0 Å². The van der Waals surface area contributed by atoms with Gasteiger partial charge in [-0.1, -0.05) is 30.3 Å². The molecule has 5 N–H and O–H groups in total. The summed E-state index contributed by atoms with van der Waals surface area (Å²) in [6.07, 6.45) is 0. The van der Waals surface area contributed by atoms with E-state index in [4.69, 9.17) is 11.1 Å². The topological polar surface area (TPSA) is 73.9 Å². The van der Waals surface area contributed by atoms with E-state index in [0.29, 0.717) is 6.54 Å². The van der Waals surface area contributed by atoms with Gasteiger partial charge in [0, 0.05) is 24.0 Å². The zero-order valence-corrected chi connectivity index (χ0v) is 9.90.